The first kappa shape index (κ1) is 12.9. The lowest BCUT2D eigenvalue weighted by molar-refractivity contribution is -0.156. The van der Waals surface area contributed by atoms with E-state index in [-0.39, 0.29) is 12.5 Å². The smallest absolute Gasteiger partial charge is 0.326 e. The Morgan fingerprint density at radius 1 is 1.56 bits per heavy atom. The van der Waals surface area contributed by atoms with E-state index in [0.29, 0.717) is 13.0 Å². The van der Waals surface area contributed by atoms with Crippen LogP contribution in [0.15, 0.2) is 0 Å². The van der Waals surface area contributed by atoms with Gasteiger partial charge in [-0.15, -0.1) is 0 Å². The maximum atomic E-state index is 11.9. The lowest BCUT2D eigenvalue weighted by Crippen LogP contribution is -2.53. The highest BCUT2D eigenvalue weighted by atomic mass is 16.5. The molecule has 1 amide bonds. The van der Waals surface area contributed by atoms with Crippen LogP contribution in [0.3, 0.4) is 0 Å². The number of ether oxygens (including phenoxy) is 1. The number of likely N-dealkylation sites (tertiary alicyclic amines) is 1. The molecule has 0 aromatic rings. The summed E-state index contributed by atoms with van der Waals surface area (Å²) in [5, 5.41) is 9.02. The first-order valence-electron chi connectivity index (χ1n) is 5.38. The lowest BCUT2D eigenvalue weighted by Gasteiger charge is -2.34. The number of piperidine rings is 1. The number of hydrogen-bond acceptors (Lipinski definition) is 4. The van der Waals surface area contributed by atoms with Gasteiger partial charge in [-0.2, -0.15) is 0 Å². The standard InChI is InChI=1S/C10H18N2O4/c1-16-8(6-11)9(13)12-5-3-2-4-7(12)10(14)15/h7-8H,2-6,11H2,1H3,(H,14,15). The maximum absolute atomic E-state index is 11.9. The SMILES string of the molecule is COC(CN)C(=O)N1CCCCC1C(=O)O. The minimum absolute atomic E-state index is 0.0676. The fourth-order valence-electron chi connectivity index (χ4n) is 1.93. The Kier molecular flexibility index (Phi) is 4.70. The van der Waals surface area contributed by atoms with Crippen molar-refractivity contribution in [1.29, 1.82) is 0 Å². The van der Waals surface area contributed by atoms with E-state index in [0.717, 1.165) is 12.8 Å². The second-order valence-corrected chi connectivity index (χ2v) is 3.84. The molecule has 1 saturated heterocycles. The molecular weight excluding hydrogens is 212 g/mol. The molecule has 1 fully saturated rings. The van der Waals surface area contributed by atoms with Crippen LogP contribution >= 0.6 is 0 Å². The number of nitrogens with two attached hydrogens (primary N) is 1. The number of carboxylic acids is 1. The fraction of sp³-hybridized carbons (Fsp3) is 0.800. The Bertz CT molecular complexity index is 266. The highest BCUT2D eigenvalue weighted by Gasteiger charge is 2.34. The second kappa shape index (κ2) is 5.81. The van der Waals surface area contributed by atoms with Crippen molar-refractivity contribution in [1.82, 2.24) is 4.90 Å². The first-order valence-corrected chi connectivity index (χ1v) is 5.38. The van der Waals surface area contributed by atoms with Crippen LogP contribution in [-0.4, -0.2) is 54.2 Å². The summed E-state index contributed by atoms with van der Waals surface area (Å²) in [5.41, 5.74) is 5.39. The van der Waals surface area contributed by atoms with Crippen molar-refractivity contribution < 1.29 is 19.4 Å². The Morgan fingerprint density at radius 2 is 2.25 bits per heavy atom. The van der Waals surface area contributed by atoms with E-state index in [2.05, 4.69) is 0 Å². The molecule has 0 saturated carbocycles. The van der Waals surface area contributed by atoms with E-state index in [9.17, 15) is 9.59 Å². The molecule has 6 heteroatoms. The van der Waals surface area contributed by atoms with Gasteiger partial charge in [0, 0.05) is 20.2 Å². The average Bonchev–Trinajstić information content (AvgIpc) is 2.30. The van der Waals surface area contributed by atoms with E-state index in [4.69, 9.17) is 15.6 Å². The normalized spacial score (nSPS) is 22.9. The van der Waals surface area contributed by atoms with E-state index in [1.54, 1.807) is 0 Å². The quantitative estimate of drug-likeness (QED) is 0.674. The van der Waals surface area contributed by atoms with E-state index >= 15 is 0 Å². The number of carboxylic acid groups (broad SMARTS) is 1. The van der Waals surface area contributed by atoms with Crippen molar-refractivity contribution in [3.05, 3.63) is 0 Å². The number of aliphatic carboxylic acids is 1. The van der Waals surface area contributed by atoms with E-state index < -0.39 is 18.1 Å². The van der Waals surface area contributed by atoms with E-state index in [1.807, 2.05) is 0 Å². The zero-order valence-electron chi connectivity index (χ0n) is 9.39. The van der Waals surface area contributed by atoms with Crippen LogP contribution in [0, 0.1) is 0 Å². The van der Waals surface area contributed by atoms with Gasteiger partial charge in [-0.3, -0.25) is 4.79 Å². The minimum atomic E-state index is -0.958. The lowest BCUT2D eigenvalue weighted by atomic mass is 10.0. The maximum Gasteiger partial charge on any atom is 0.326 e. The molecule has 3 N–H and O–H groups in total. The molecule has 1 aliphatic heterocycles. The summed E-state index contributed by atoms with van der Waals surface area (Å²) in [4.78, 5) is 24.3. The van der Waals surface area contributed by atoms with Gasteiger partial charge >= 0.3 is 5.97 Å². The van der Waals surface area contributed by atoms with Gasteiger partial charge in [0.15, 0.2) is 0 Å². The van der Waals surface area contributed by atoms with Crippen LogP contribution in [-0.2, 0) is 14.3 Å². The Hall–Kier alpha value is -1.14. The molecule has 1 rings (SSSR count). The van der Waals surface area contributed by atoms with Gasteiger partial charge in [0.25, 0.3) is 5.91 Å². The number of amides is 1. The molecular formula is C10H18N2O4. The van der Waals surface area contributed by atoms with Crippen molar-refractivity contribution in [2.24, 2.45) is 5.73 Å². The molecule has 0 spiro atoms. The summed E-state index contributed by atoms with van der Waals surface area (Å²) >= 11 is 0. The molecule has 2 atom stereocenters. The second-order valence-electron chi connectivity index (χ2n) is 3.84. The van der Waals surface area contributed by atoms with Gasteiger partial charge in [0.2, 0.25) is 0 Å². The zero-order valence-corrected chi connectivity index (χ0v) is 9.39. The number of hydrogen-bond donors (Lipinski definition) is 2. The monoisotopic (exact) mass is 230 g/mol. The number of nitrogens with zero attached hydrogens (tertiary/aromatic N) is 1. The molecule has 0 aliphatic carbocycles. The van der Waals surface area contributed by atoms with Crippen LogP contribution in [0.2, 0.25) is 0 Å². The van der Waals surface area contributed by atoms with Crippen LogP contribution in [0.4, 0.5) is 0 Å². The van der Waals surface area contributed by atoms with Crippen LogP contribution < -0.4 is 5.73 Å². The first-order chi connectivity index (χ1) is 7.61. The predicted octanol–water partition coefficient (Wildman–Crippen LogP) is -0.574. The largest absolute Gasteiger partial charge is 0.480 e. The Balaban J connectivity index is 2.74. The summed E-state index contributed by atoms with van der Waals surface area (Å²) < 4.78 is 4.93. The van der Waals surface area contributed by atoms with Crippen LogP contribution in [0.1, 0.15) is 19.3 Å². The van der Waals surface area contributed by atoms with Gasteiger partial charge in [0.1, 0.15) is 12.1 Å². The van der Waals surface area contributed by atoms with Crippen molar-refractivity contribution in [2.75, 3.05) is 20.2 Å². The van der Waals surface area contributed by atoms with Gasteiger partial charge in [-0.25, -0.2) is 4.79 Å². The Labute approximate surface area is 94.3 Å². The minimum Gasteiger partial charge on any atom is -0.480 e. The summed E-state index contributed by atoms with van der Waals surface area (Å²) in [7, 11) is 1.40. The average molecular weight is 230 g/mol. The summed E-state index contributed by atoms with van der Waals surface area (Å²) in [6.07, 6.45) is 1.43. The van der Waals surface area contributed by atoms with Crippen molar-refractivity contribution >= 4 is 11.9 Å². The predicted molar refractivity (Wildman–Crippen MR) is 56.8 cm³/mol. The van der Waals surface area contributed by atoms with Gasteiger partial charge in [-0.1, -0.05) is 0 Å². The Morgan fingerprint density at radius 3 is 2.75 bits per heavy atom. The topological polar surface area (TPSA) is 92.9 Å². The highest BCUT2D eigenvalue weighted by molar-refractivity contribution is 5.86. The number of carbonyl (C=O) groups excluding carboxylic acids is 1. The molecule has 1 heterocycles. The molecule has 0 bridgehead atoms. The third kappa shape index (κ3) is 2.70. The summed E-state index contributed by atoms with van der Waals surface area (Å²) in [6.45, 7) is 0.536. The number of carbonyl (C=O) groups is 2. The molecule has 0 radical (unpaired) electrons. The molecule has 16 heavy (non-hydrogen) atoms. The molecule has 0 aromatic carbocycles. The molecule has 2 unspecified atom stereocenters. The number of rotatable bonds is 4. The van der Waals surface area contributed by atoms with Gasteiger partial charge in [0.05, 0.1) is 0 Å². The van der Waals surface area contributed by atoms with Crippen molar-refractivity contribution in [2.45, 2.75) is 31.4 Å². The highest BCUT2D eigenvalue weighted by Crippen LogP contribution is 2.18. The molecule has 1 aliphatic rings. The van der Waals surface area contributed by atoms with E-state index in [1.165, 1.54) is 12.0 Å². The third-order valence-electron chi connectivity index (χ3n) is 2.84. The van der Waals surface area contributed by atoms with Gasteiger partial charge in [-0.05, 0) is 19.3 Å². The van der Waals surface area contributed by atoms with Gasteiger partial charge < -0.3 is 20.5 Å². The molecule has 6 nitrogen and oxygen atoms in total. The summed E-state index contributed by atoms with van der Waals surface area (Å²) in [6, 6.07) is -0.731. The third-order valence-corrected chi connectivity index (χ3v) is 2.84. The fourth-order valence-corrected chi connectivity index (χ4v) is 1.93. The molecule has 0 aromatic heterocycles. The molecule has 92 valence electrons. The van der Waals surface area contributed by atoms with Crippen LogP contribution in [0.25, 0.3) is 0 Å². The zero-order chi connectivity index (χ0) is 12.1. The van der Waals surface area contributed by atoms with Crippen molar-refractivity contribution in [3.63, 3.8) is 0 Å². The summed E-state index contributed by atoms with van der Waals surface area (Å²) in [5.74, 6) is -1.28. The van der Waals surface area contributed by atoms with Crippen LogP contribution in [0.5, 0.6) is 0 Å². The number of methoxy groups -OCH3 is 1. The van der Waals surface area contributed by atoms with Crippen molar-refractivity contribution in [3.8, 4) is 0 Å².